The predicted octanol–water partition coefficient (Wildman–Crippen LogP) is 3.09. The van der Waals surface area contributed by atoms with E-state index >= 15 is 0 Å². The molecule has 0 aliphatic carbocycles. The molecule has 3 rings (SSSR count). The third-order valence-electron chi connectivity index (χ3n) is 3.67. The Morgan fingerprint density at radius 2 is 2.09 bits per heavy atom. The van der Waals surface area contributed by atoms with Crippen LogP contribution in [0.25, 0.3) is 0 Å². The van der Waals surface area contributed by atoms with Crippen LogP contribution in [0.2, 0.25) is 0 Å². The van der Waals surface area contributed by atoms with Gasteiger partial charge in [-0.3, -0.25) is 9.78 Å². The summed E-state index contributed by atoms with van der Waals surface area (Å²) in [6, 6.07) is 5.64. The van der Waals surface area contributed by atoms with Gasteiger partial charge in [0.25, 0.3) is 0 Å². The summed E-state index contributed by atoms with van der Waals surface area (Å²) in [5.74, 6) is 0.534. The monoisotopic (exact) mass is 301 g/mol. The molecule has 1 aliphatic heterocycles. The second kappa shape index (κ2) is 6.09. The number of hydrogen-bond donors (Lipinski definition) is 0. The molecular formula is C16H16FN3O2. The first-order valence-corrected chi connectivity index (χ1v) is 7.16. The summed E-state index contributed by atoms with van der Waals surface area (Å²) in [5, 5.41) is 0. The first-order valence-electron chi connectivity index (χ1n) is 7.16. The van der Waals surface area contributed by atoms with E-state index < -0.39 is 0 Å². The molecule has 2 aromatic rings. The van der Waals surface area contributed by atoms with E-state index in [9.17, 15) is 9.18 Å². The fourth-order valence-corrected chi connectivity index (χ4v) is 2.65. The van der Waals surface area contributed by atoms with Gasteiger partial charge in [-0.2, -0.15) is 0 Å². The minimum atomic E-state index is -0.324. The topological polar surface area (TPSA) is 55.3 Å². The number of benzene rings is 1. The zero-order valence-electron chi connectivity index (χ0n) is 12.2. The van der Waals surface area contributed by atoms with Crippen LogP contribution in [0.5, 0.6) is 11.6 Å². The Bertz CT molecular complexity index is 675. The molecule has 0 N–H and O–H groups in total. The number of rotatable bonds is 3. The van der Waals surface area contributed by atoms with E-state index in [1.165, 1.54) is 30.5 Å². The second-order valence-corrected chi connectivity index (χ2v) is 5.21. The summed E-state index contributed by atoms with van der Waals surface area (Å²) in [6.07, 6.45) is 4.98. The maximum atomic E-state index is 12.9. The van der Waals surface area contributed by atoms with E-state index in [4.69, 9.17) is 4.74 Å². The number of ether oxygens (including phenoxy) is 1. The highest BCUT2D eigenvalue weighted by Gasteiger charge is 2.29. The molecule has 1 aromatic carbocycles. The van der Waals surface area contributed by atoms with Crippen molar-refractivity contribution in [1.82, 2.24) is 14.9 Å². The molecule has 0 saturated carbocycles. The molecule has 1 fully saturated rings. The van der Waals surface area contributed by atoms with Gasteiger partial charge in [-0.05, 0) is 37.1 Å². The number of nitrogens with zero attached hydrogens (tertiary/aromatic N) is 3. The normalized spacial score (nSPS) is 17.5. The van der Waals surface area contributed by atoms with Crippen LogP contribution < -0.4 is 4.74 Å². The molecule has 1 saturated heterocycles. The third-order valence-corrected chi connectivity index (χ3v) is 3.67. The van der Waals surface area contributed by atoms with Crippen LogP contribution in [0.3, 0.4) is 0 Å². The van der Waals surface area contributed by atoms with Gasteiger partial charge in [-0.25, -0.2) is 9.37 Å². The van der Waals surface area contributed by atoms with Crippen LogP contribution in [-0.2, 0) is 4.79 Å². The van der Waals surface area contributed by atoms with E-state index in [1.807, 2.05) is 0 Å². The zero-order chi connectivity index (χ0) is 15.5. The molecule has 0 radical (unpaired) electrons. The molecule has 1 amide bonds. The van der Waals surface area contributed by atoms with Crippen molar-refractivity contribution in [2.24, 2.45) is 0 Å². The molecule has 114 valence electrons. The van der Waals surface area contributed by atoms with Crippen molar-refractivity contribution in [2.45, 2.75) is 25.8 Å². The van der Waals surface area contributed by atoms with Gasteiger partial charge in [0.2, 0.25) is 11.8 Å². The molecule has 1 aromatic heterocycles. The molecule has 22 heavy (non-hydrogen) atoms. The van der Waals surface area contributed by atoms with Gasteiger partial charge >= 0.3 is 0 Å². The first-order chi connectivity index (χ1) is 10.6. The second-order valence-electron chi connectivity index (χ2n) is 5.21. The van der Waals surface area contributed by atoms with Gasteiger partial charge in [0.15, 0.2) is 0 Å². The van der Waals surface area contributed by atoms with Crippen LogP contribution >= 0.6 is 0 Å². The Hall–Kier alpha value is -2.50. The minimum absolute atomic E-state index is 0.0363. The van der Waals surface area contributed by atoms with E-state index in [1.54, 1.807) is 18.0 Å². The Kier molecular flexibility index (Phi) is 4.00. The van der Waals surface area contributed by atoms with E-state index in [-0.39, 0.29) is 17.8 Å². The number of amides is 1. The van der Waals surface area contributed by atoms with Crippen molar-refractivity contribution in [2.75, 3.05) is 6.54 Å². The molecule has 2 heterocycles. The molecule has 1 aliphatic rings. The highest BCUT2D eigenvalue weighted by atomic mass is 19.1. The number of halogens is 1. The minimum Gasteiger partial charge on any atom is -0.437 e. The quantitative estimate of drug-likeness (QED) is 0.874. The predicted molar refractivity (Wildman–Crippen MR) is 77.9 cm³/mol. The number of carbonyl (C=O) groups excluding carboxylic acids is 1. The SMILES string of the molecule is CC(=O)N1CCCC1c1cncc(Oc2ccc(F)cc2)n1. The van der Waals surface area contributed by atoms with Crippen molar-refractivity contribution >= 4 is 5.91 Å². The number of carbonyl (C=O) groups is 1. The highest BCUT2D eigenvalue weighted by molar-refractivity contribution is 5.74. The summed E-state index contributed by atoms with van der Waals surface area (Å²) < 4.78 is 18.5. The molecule has 1 atom stereocenters. The third kappa shape index (κ3) is 3.05. The van der Waals surface area contributed by atoms with Crippen LogP contribution in [0, 0.1) is 5.82 Å². The smallest absolute Gasteiger partial charge is 0.238 e. The fraction of sp³-hybridized carbons (Fsp3) is 0.312. The molecule has 5 nitrogen and oxygen atoms in total. The first kappa shape index (κ1) is 14.4. The lowest BCUT2D eigenvalue weighted by Crippen LogP contribution is -2.28. The van der Waals surface area contributed by atoms with Gasteiger partial charge in [-0.1, -0.05) is 0 Å². The summed E-state index contributed by atoms with van der Waals surface area (Å²) in [5.41, 5.74) is 0.715. The van der Waals surface area contributed by atoms with Gasteiger partial charge in [0.1, 0.15) is 11.6 Å². The van der Waals surface area contributed by atoms with Gasteiger partial charge < -0.3 is 9.64 Å². The number of likely N-dealkylation sites (tertiary alicyclic amines) is 1. The van der Waals surface area contributed by atoms with Gasteiger partial charge in [0.05, 0.1) is 24.1 Å². The average molecular weight is 301 g/mol. The standard InChI is InChI=1S/C16H16FN3O2/c1-11(21)20-8-2-3-15(20)14-9-18-10-16(19-14)22-13-6-4-12(17)5-7-13/h4-7,9-10,15H,2-3,8H2,1H3. The summed E-state index contributed by atoms with van der Waals surface area (Å²) in [7, 11) is 0. The lowest BCUT2D eigenvalue weighted by atomic mass is 10.1. The van der Waals surface area contributed by atoms with Crippen LogP contribution in [0.4, 0.5) is 4.39 Å². The lowest BCUT2D eigenvalue weighted by molar-refractivity contribution is -0.129. The molecule has 1 unspecified atom stereocenters. The average Bonchev–Trinajstić information content (AvgIpc) is 3.00. The number of hydrogen-bond acceptors (Lipinski definition) is 4. The molecular weight excluding hydrogens is 285 g/mol. The van der Waals surface area contributed by atoms with Crippen LogP contribution in [0.15, 0.2) is 36.7 Å². The van der Waals surface area contributed by atoms with Crippen molar-refractivity contribution in [3.05, 3.63) is 48.2 Å². The molecule has 6 heteroatoms. The highest BCUT2D eigenvalue weighted by Crippen LogP contribution is 2.31. The largest absolute Gasteiger partial charge is 0.437 e. The van der Waals surface area contributed by atoms with Crippen molar-refractivity contribution in [1.29, 1.82) is 0 Å². The summed E-state index contributed by atoms with van der Waals surface area (Å²) in [6.45, 7) is 2.30. The summed E-state index contributed by atoms with van der Waals surface area (Å²) in [4.78, 5) is 22.0. The van der Waals surface area contributed by atoms with E-state index in [0.29, 0.717) is 17.3 Å². The summed E-state index contributed by atoms with van der Waals surface area (Å²) >= 11 is 0. The maximum Gasteiger partial charge on any atom is 0.238 e. The maximum absolute atomic E-state index is 12.9. The molecule has 0 spiro atoms. The van der Waals surface area contributed by atoms with E-state index in [0.717, 1.165) is 19.4 Å². The van der Waals surface area contributed by atoms with Crippen molar-refractivity contribution < 1.29 is 13.9 Å². The van der Waals surface area contributed by atoms with Crippen molar-refractivity contribution in [3.8, 4) is 11.6 Å². The Morgan fingerprint density at radius 1 is 1.32 bits per heavy atom. The molecule has 0 bridgehead atoms. The van der Waals surface area contributed by atoms with Crippen LogP contribution in [0.1, 0.15) is 31.5 Å². The Morgan fingerprint density at radius 3 is 2.82 bits per heavy atom. The lowest BCUT2D eigenvalue weighted by Gasteiger charge is -2.22. The Labute approximate surface area is 127 Å². The fourth-order valence-electron chi connectivity index (χ4n) is 2.65. The van der Waals surface area contributed by atoms with Crippen LogP contribution in [-0.4, -0.2) is 27.3 Å². The number of aromatic nitrogens is 2. The zero-order valence-corrected chi connectivity index (χ0v) is 12.2. The van der Waals surface area contributed by atoms with Gasteiger partial charge in [-0.15, -0.1) is 0 Å². The van der Waals surface area contributed by atoms with Crippen molar-refractivity contribution in [3.63, 3.8) is 0 Å². The van der Waals surface area contributed by atoms with E-state index in [2.05, 4.69) is 9.97 Å². The van der Waals surface area contributed by atoms with Gasteiger partial charge in [0, 0.05) is 13.5 Å². The Balaban J connectivity index is 1.80.